The summed E-state index contributed by atoms with van der Waals surface area (Å²) in [6.07, 6.45) is 13.6. The lowest BCUT2D eigenvalue weighted by atomic mass is 10.1. The molecule has 12 heteroatoms. The van der Waals surface area contributed by atoms with E-state index >= 15 is 0 Å². The number of benzene rings is 4. The van der Waals surface area contributed by atoms with Crippen molar-refractivity contribution in [2.24, 2.45) is 11.8 Å². The number of anilines is 2. The van der Waals surface area contributed by atoms with Crippen LogP contribution in [0.1, 0.15) is 72.1 Å². The van der Waals surface area contributed by atoms with Gasteiger partial charge in [-0.1, -0.05) is 40.2 Å². The number of pyridine rings is 1. The van der Waals surface area contributed by atoms with Crippen LogP contribution in [0.25, 0.3) is 11.1 Å². The quantitative estimate of drug-likeness (QED) is 0.0903. The lowest BCUT2D eigenvalue weighted by Gasteiger charge is -2.31. The Balaban J connectivity index is 0.000000179. The Bertz CT molecular complexity index is 2390. The van der Waals surface area contributed by atoms with E-state index in [0.29, 0.717) is 59.3 Å². The molecule has 4 aliphatic rings. The average molecular weight is 945 g/mol. The van der Waals surface area contributed by atoms with Gasteiger partial charge in [-0.25, -0.2) is 0 Å². The largest absolute Gasteiger partial charge is 0.493 e. The molecule has 2 saturated carbocycles. The first kappa shape index (κ1) is 46.1. The van der Waals surface area contributed by atoms with Crippen LogP contribution in [0.4, 0.5) is 11.4 Å². The van der Waals surface area contributed by atoms with Gasteiger partial charge in [0, 0.05) is 83.2 Å². The summed E-state index contributed by atoms with van der Waals surface area (Å²) in [7, 11) is 6.38. The highest BCUT2D eigenvalue weighted by atomic mass is 79.9. The monoisotopic (exact) mass is 943 g/mol. The number of ether oxygens (including phenoxy) is 4. The molecule has 2 aliphatic carbocycles. The Morgan fingerprint density at radius 1 is 0.585 bits per heavy atom. The molecule has 2 aliphatic heterocycles. The number of methoxy groups -OCH3 is 4. The molecule has 2 unspecified atom stereocenters. The lowest BCUT2D eigenvalue weighted by Crippen LogP contribution is -2.44. The van der Waals surface area contributed by atoms with Crippen molar-refractivity contribution in [1.82, 2.24) is 14.8 Å². The number of likely N-dealkylation sites (tertiary alicyclic amines) is 2. The van der Waals surface area contributed by atoms with Crippen LogP contribution in [0.3, 0.4) is 0 Å². The van der Waals surface area contributed by atoms with Gasteiger partial charge in [0.15, 0.2) is 23.0 Å². The van der Waals surface area contributed by atoms with E-state index in [2.05, 4.69) is 42.8 Å². The maximum atomic E-state index is 14.0. The van der Waals surface area contributed by atoms with Gasteiger partial charge in [-0.15, -0.1) is 0 Å². The fraction of sp³-hybridized carbons (Fsp3) is 0.415. The summed E-state index contributed by atoms with van der Waals surface area (Å²) in [5, 5.41) is 0. The second-order valence-electron chi connectivity index (χ2n) is 17.7. The second kappa shape index (κ2) is 21.7. The molecule has 0 bridgehead atoms. The zero-order valence-electron chi connectivity index (χ0n) is 38.2. The van der Waals surface area contributed by atoms with Crippen LogP contribution in [0, 0.1) is 11.8 Å². The SMILES string of the molecule is COc1ccc(C(=O)N(CC2CCCN2CC2CC2)c2cccc(-c3cccnc3)c2)cc1OC.COc1ccc(C(=O)N(CC2CCCN2CC2CC2)c2cccc(Br)c2)cc1OC. The van der Waals surface area contributed by atoms with Crippen LogP contribution in [0.15, 0.2) is 114 Å². The fourth-order valence-electron chi connectivity index (χ4n) is 9.26. The summed E-state index contributed by atoms with van der Waals surface area (Å²) < 4.78 is 22.6. The molecule has 0 spiro atoms. The molecule has 1 aromatic heterocycles. The zero-order valence-corrected chi connectivity index (χ0v) is 39.8. The topological polar surface area (TPSA) is 96.9 Å². The van der Waals surface area contributed by atoms with Gasteiger partial charge in [-0.3, -0.25) is 24.4 Å². The molecule has 2 amide bonds. The molecule has 4 fully saturated rings. The number of aromatic nitrogens is 1. The molecular weight excluding hydrogens is 883 g/mol. The standard InChI is InChI=1S/C29H33N3O3.C24H29BrN2O3/c1-34-27-13-12-23(17-28(27)35-2)29(33)32(20-26-9-5-15-31(26)19-21-10-11-21)25-8-3-6-22(16-25)24-7-4-14-30-18-24;1-29-22-11-10-18(13-23(22)30-2)24(28)27(20-6-3-5-19(25)14-20)16-21-7-4-12-26(21)15-17-8-9-17/h3-4,6-8,12-14,16-18,21,26H,5,9-11,15,19-20H2,1-2H3;3,5-6,10-11,13-14,17,21H,4,7-9,12,15-16H2,1-2H3. The van der Waals surface area contributed by atoms with Crippen molar-refractivity contribution in [3.63, 3.8) is 0 Å². The van der Waals surface area contributed by atoms with Gasteiger partial charge in [0.05, 0.1) is 28.4 Å². The number of rotatable bonds is 17. The van der Waals surface area contributed by atoms with Crippen molar-refractivity contribution in [2.75, 3.05) is 77.5 Å². The molecule has 0 N–H and O–H groups in total. The Labute approximate surface area is 392 Å². The average Bonchev–Trinajstić information content (AvgIpc) is 4.27. The van der Waals surface area contributed by atoms with Gasteiger partial charge >= 0.3 is 0 Å². The molecule has 0 radical (unpaired) electrons. The van der Waals surface area contributed by atoms with Crippen molar-refractivity contribution >= 4 is 39.1 Å². The third kappa shape index (κ3) is 11.7. The van der Waals surface area contributed by atoms with Crippen LogP contribution < -0.4 is 28.7 Å². The molecule has 3 heterocycles. The predicted molar refractivity (Wildman–Crippen MR) is 261 cm³/mol. The normalized spacial score (nSPS) is 18.4. The summed E-state index contributed by atoms with van der Waals surface area (Å²) in [6.45, 7) is 5.93. The minimum atomic E-state index is -0.0347. The maximum Gasteiger partial charge on any atom is 0.258 e. The summed E-state index contributed by atoms with van der Waals surface area (Å²) in [6, 6.07) is 31.7. The first-order valence-corrected chi connectivity index (χ1v) is 23.9. The Morgan fingerprint density at radius 2 is 1.08 bits per heavy atom. The van der Waals surface area contributed by atoms with Crippen LogP contribution in [-0.4, -0.2) is 106 Å². The van der Waals surface area contributed by atoms with E-state index in [1.165, 1.54) is 45.1 Å². The Morgan fingerprint density at radius 3 is 1.54 bits per heavy atom. The summed E-state index contributed by atoms with van der Waals surface area (Å²) in [5.74, 6) is 3.98. The van der Waals surface area contributed by atoms with E-state index < -0.39 is 0 Å². The molecule has 2 saturated heterocycles. The van der Waals surface area contributed by atoms with Gasteiger partial charge in [-0.2, -0.15) is 0 Å². The smallest absolute Gasteiger partial charge is 0.258 e. The van der Waals surface area contributed by atoms with Gasteiger partial charge < -0.3 is 28.7 Å². The van der Waals surface area contributed by atoms with Crippen molar-refractivity contribution < 1.29 is 28.5 Å². The number of halogens is 1. The van der Waals surface area contributed by atoms with E-state index in [1.54, 1.807) is 58.9 Å². The van der Waals surface area contributed by atoms with E-state index in [4.69, 9.17) is 18.9 Å². The molecule has 2 atom stereocenters. The van der Waals surface area contributed by atoms with Crippen LogP contribution in [0.2, 0.25) is 0 Å². The highest BCUT2D eigenvalue weighted by molar-refractivity contribution is 9.10. The third-order valence-corrected chi connectivity index (χ3v) is 13.7. The Hall–Kier alpha value is -5.43. The summed E-state index contributed by atoms with van der Waals surface area (Å²) in [4.78, 5) is 40.9. The molecule has 65 heavy (non-hydrogen) atoms. The minimum Gasteiger partial charge on any atom is -0.493 e. The lowest BCUT2D eigenvalue weighted by molar-refractivity contribution is 0.0970. The van der Waals surface area contributed by atoms with Crippen LogP contribution in [0.5, 0.6) is 23.0 Å². The maximum absolute atomic E-state index is 14.0. The predicted octanol–water partition coefficient (Wildman–Crippen LogP) is 10.3. The van der Waals surface area contributed by atoms with Gasteiger partial charge in [0.1, 0.15) is 0 Å². The summed E-state index contributed by atoms with van der Waals surface area (Å²) in [5.41, 5.74) is 5.05. The summed E-state index contributed by atoms with van der Waals surface area (Å²) >= 11 is 3.56. The van der Waals surface area contributed by atoms with E-state index in [1.807, 2.05) is 76.7 Å². The number of carbonyl (C=O) groups excluding carboxylic acids is 2. The molecule has 9 rings (SSSR count). The molecule has 5 aromatic rings. The number of hydrogen-bond acceptors (Lipinski definition) is 9. The molecule has 4 aromatic carbocycles. The first-order chi connectivity index (χ1) is 31.7. The van der Waals surface area contributed by atoms with Crippen LogP contribution >= 0.6 is 15.9 Å². The van der Waals surface area contributed by atoms with Crippen molar-refractivity contribution in [3.8, 4) is 34.1 Å². The minimum absolute atomic E-state index is 0.0210. The van der Waals surface area contributed by atoms with Crippen LogP contribution in [-0.2, 0) is 0 Å². The zero-order chi connectivity index (χ0) is 45.3. The van der Waals surface area contributed by atoms with Gasteiger partial charge in [0.2, 0.25) is 0 Å². The number of amides is 2. The van der Waals surface area contributed by atoms with E-state index in [9.17, 15) is 9.59 Å². The van der Waals surface area contributed by atoms with Crippen molar-refractivity contribution in [2.45, 2.75) is 63.5 Å². The Kier molecular flexibility index (Phi) is 15.4. The first-order valence-electron chi connectivity index (χ1n) is 23.1. The van der Waals surface area contributed by atoms with Crippen molar-refractivity contribution in [1.29, 1.82) is 0 Å². The van der Waals surface area contributed by atoms with E-state index in [-0.39, 0.29) is 11.8 Å². The molecule has 342 valence electrons. The highest BCUT2D eigenvalue weighted by Gasteiger charge is 2.35. The number of hydrogen-bond donors (Lipinski definition) is 0. The highest BCUT2D eigenvalue weighted by Crippen LogP contribution is 2.36. The number of nitrogens with zero attached hydrogens (tertiary/aromatic N) is 5. The van der Waals surface area contributed by atoms with E-state index in [0.717, 1.165) is 71.3 Å². The molecule has 11 nitrogen and oxygen atoms in total. The third-order valence-electron chi connectivity index (χ3n) is 13.2. The fourth-order valence-corrected chi connectivity index (χ4v) is 9.65. The van der Waals surface area contributed by atoms with Crippen molar-refractivity contribution in [3.05, 3.63) is 125 Å². The number of carbonyl (C=O) groups is 2. The second-order valence-corrected chi connectivity index (χ2v) is 18.6. The van der Waals surface area contributed by atoms with Gasteiger partial charge in [-0.05, 0) is 155 Å². The molecular formula is C53H62BrN5O6. The van der Waals surface area contributed by atoms with Gasteiger partial charge in [0.25, 0.3) is 11.8 Å².